The molecule has 2 atom stereocenters. The van der Waals surface area contributed by atoms with Gasteiger partial charge >= 0.3 is 0 Å². The number of fused-ring (bicyclic) bond motifs is 1. The van der Waals surface area contributed by atoms with E-state index >= 15 is 0 Å². The smallest absolute Gasteiger partial charge is 0.262 e. The third-order valence-electron chi connectivity index (χ3n) is 9.37. The topological polar surface area (TPSA) is 105 Å². The highest BCUT2D eigenvalue weighted by atomic mass is 16.3. The van der Waals surface area contributed by atoms with Crippen molar-refractivity contribution >= 4 is 23.4 Å². The van der Waals surface area contributed by atoms with Gasteiger partial charge in [-0.25, -0.2) is 0 Å². The van der Waals surface area contributed by atoms with Crippen LogP contribution >= 0.6 is 0 Å². The molecule has 3 fully saturated rings. The lowest BCUT2D eigenvalue weighted by Crippen LogP contribution is -2.56. The van der Waals surface area contributed by atoms with Crippen molar-refractivity contribution in [2.24, 2.45) is 11.3 Å². The molecule has 4 heterocycles. The van der Waals surface area contributed by atoms with E-state index in [2.05, 4.69) is 48.1 Å². The van der Waals surface area contributed by atoms with Gasteiger partial charge in [0.25, 0.3) is 11.8 Å². The molecule has 9 nitrogen and oxygen atoms in total. The number of benzene rings is 1. The molecule has 1 aromatic carbocycles. The molecule has 38 heavy (non-hydrogen) atoms. The third-order valence-corrected chi connectivity index (χ3v) is 9.37. The SMILES string of the molecule is CC(C)(CC(C)(C)N1CCN(c2ccc3c(c2)C(=O)N(C2CCC(O)NC2=O)C3=O)CC1)C1CCNCC1. The maximum absolute atomic E-state index is 13.2. The van der Waals surface area contributed by atoms with E-state index in [9.17, 15) is 19.5 Å². The zero-order valence-corrected chi connectivity index (χ0v) is 23.3. The highest BCUT2D eigenvalue weighted by Gasteiger charge is 2.45. The van der Waals surface area contributed by atoms with Crippen LogP contribution in [-0.2, 0) is 4.79 Å². The van der Waals surface area contributed by atoms with Crippen LogP contribution in [0.5, 0.6) is 0 Å². The zero-order chi connectivity index (χ0) is 27.2. The summed E-state index contributed by atoms with van der Waals surface area (Å²) in [6.07, 6.45) is 3.30. The maximum atomic E-state index is 13.2. The van der Waals surface area contributed by atoms with Gasteiger partial charge in [0.1, 0.15) is 12.3 Å². The quantitative estimate of drug-likeness (QED) is 0.489. The summed E-state index contributed by atoms with van der Waals surface area (Å²) in [7, 11) is 0. The number of piperazine rings is 1. The molecule has 0 spiro atoms. The Kier molecular flexibility index (Phi) is 7.30. The Morgan fingerprint density at radius 2 is 1.55 bits per heavy atom. The van der Waals surface area contributed by atoms with Gasteiger partial charge in [0.15, 0.2) is 0 Å². The lowest BCUT2D eigenvalue weighted by molar-refractivity contribution is -0.131. The minimum absolute atomic E-state index is 0.0927. The van der Waals surface area contributed by atoms with Crippen molar-refractivity contribution < 1.29 is 19.5 Å². The standard InChI is InChI=1S/C29H43N5O4/c1-28(2,19-9-11-30-12-10-19)18-29(3,4)33-15-13-32(14-16-33)20-5-6-21-22(17-20)27(38)34(26(21)37)23-7-8-24(35)31-25(23)36/h5-6,17,19,23-24,30,35H,7-16,18H2,1-4H3,(H,31,36). The van der Waals surface area contributed by atoms with E-state index < -0.39 is 30.0 Å². The lowest BCUT2D eigenvalue weighted by Gasteiger charge is -2.49. The molecule has 0 radical (unpaired) electrons. The summed E-state index contributed by atoms with van der Waals surface area (Å²) in [4.78, 5) is 44.7. The Hall–Kier alpha value is -2.49. The second-order valence-electron chi connectivity index (χ2n) is 12.8. The molecule has 3 N–H and O–H groups in total. The molecule has 2 unspecified atom stereocenters. The number of hydrogen-bond acceptors (Lipinski definition) is 7. The first-order valence-corrected chi connectivity index (χ1v) is 14.2. The fourth-order valence-corrected chi connectivity index (χ4v) is 7.30. The first-order valence-electron chi connectivity index (χ1n) is 14.2. The molecular formula is C29H43N5O4. The van der Waals surface area contributed by atoms with E-state index in [0.29, 0.717) is 17.5 Å². The van der Waals surface area contributed by atoms with Crippen molar-refractivity contribution in [3.8, 4) is 0 Å². The summed E-state index contributed by atoms with van der Waals surface area (Å²) in [5.41, 5.74) is 2.02. The predicted molar refractivity (Wildman–Crippen MR) is 146 cm³/mol. The number of carbonyl (C=O) groups is 3. The van der Waals surface area contributed by atoms with E-state index in [1.807, 2.05) is 12.1 Å². The van der Waals surface area contributed by atoms with Crippen molar-refractivity contribution in [1.82, 2.24) is 20.4 Å². The molecule has 208 valence electrons. The summed E-state index contributed by atoms with van der Waals surface area (Å²) in [5, 5.41) is 15.6. The Balaban J connectivity index is 1.23. The summed E-state index contributed by atoms with van der Waals surface area (Å²) in [6, 6.07) is 4.57. The highest BCUT2D eigenvalue weighted by molar-refractivity contribution is 6.23. The number of aliphatic hydroxyl groups is 1. The van der Waals surface area contributed by atoms with Gasteiger partial charge in [0, 0.05) is 37.4 Å². The van der Waals surface area contributed by atoms with E-state index in [0.717, 1.165) is 62.2 Å². The fraction of sp³-hybridized carbons (Fsp3) is 0.690. The first kappa shape index (κ1) is 27.1. The molecule has 3 saturated heterocycles. The number of amides is 3. The number of rotatable bonds is 6. The summed E-state index contributed by atoms with van der Waals surface area (Å²) in [5.74, 6) is -0.597. The minimum Gasteiger partial charge on any atom is -0.374 e. The zero-order valence-electron chi connectivity index (χ0n) is 23.3. The number of anilines is 1. The number of nitrogens with one attached hydrogen (secondary N) is 2. The highest BCUT2D eigenvalue weighted by Crippen LogP contribution is 2.42. The largest absolute Gasteiger partial charge is 0.374 e. The van der Waals surface area contributed by atoms with Crippen molar-refractivity contribution in [3.63, 3.8) is 0 Å². The van der Waals surface area contributed by atoms with Gasteiger partial charge in [-0.05, 0) is 88.6 Å². The predicted octanol–water partition coefficient (Wildman–Crippen LogP) is 2.20. The van der Waals surface area contributed by atoms with Crippen LogP contribution in [0, 0.1) is 11.3 Å². The fourth-order valence-electron chi connectivity index (χ4n) is 7.30. The number of carbonyl (C=O) groups excluding carboxylic acids is 3. The van der Waals surface area contributed by atoms with Crippen LogP contribution in [-0.4, -0.2) is 89.7 Å². The Morgan fingerprint density at radius 1 is 0.895 bits per heavy atom. The van der Waals surface area contributed by atoms with Crippen LogP contribution in [0.4, 0.5) is 5.69 Å². The molecule has 0 saturated carbocycles. The number of imide groups is 1. The molecule has 4 aliphatic heterocycles. The van der Waals surface area contributed by atoms with E-state index in [-0.39, 0.29) is 17.4 Å². The number of hydrogen-bond donors (Lipinski definition) is 3. The average Bonchev–Trinajstić information content (AvgIpc) is 3.13. The van der Waals surface area contributed by atoms with Crippen LogP contribution < -0.4 is 15.5 Å². The van der Waals surface area contributed by atoms with Gasteiger partial charge < -0.3 is 20.6 Å². The van der Waals surface area contributed by atoms with Crippen LogP contribution in [0.25, 0.3) is 0 Å². The van der Waals surface area contributed by atoms with Crippen molar-refractivity contribution in [2.75, 3.05) is 44.2 Å². The molecular weight excluding hydrogens is 482 g/mol. The van der Waals surface area contributed by atoms with Gasteiger partial charge in [-0.15, -0.1) is 0 Å². The Bertz CT molecular complexity index is 1090. The van der Waals surface area contributed by atoms with Crippen LogP contribution in [0.15, 0.2) is 18.2 Å². The molecule has 1 aromatic rings. The van der Waals surface area contributed by atoms with Crippen LogP contribution in [0.3, 0.4) is 0 Å². The lowest BCUT2D eigenvalue weighted by atomic mass is 9.67. The summed E-state index contributed by atoms with van der Waals surface area (Å²) >= 11 is 0. The van der Waals surface area contributed by atoms with Gasteiger partial charge in [0.2, 0.25) is 5.91 Å². The first-order chi connectivity index (χ1) is 18.0. The summed E-state index contributed by atoms with van der Waals surface area (Å²) in [6.45, 7) is 15.5. The Labute approximate surface area is 225 Å². The maximum Gasteiger partial charge on any atom is 0.262 e. The van der Waals surface area contributed by atoms with Gasteiger partial charge in [-0.2, -0.15) is 0 Å². The normalized spacial score (nSPS) is 26.1. The minimum atomic E-state index is -0.931. The van der Waals surface area contributed by atoms with Crippen LogP contribution in [0.1, 0.15) is 80.5 Å². The molecule has 0 bridgehead atoms. The van der Waals surface area contributed by atoms with E-state index in [4.69, 9.17) is 0 Å². The van der Waals surface area contributed by atoms with Crippen molar-refractivity contribution in [1.29, 1.82) is 0 Å². The van der Waals surface area contributed by atoms with Gasteiger partial charge in [-0.3, -0.25) is 24.2 Å². The molecule has 3 amide bonds. The van der Waals surface area contributed by atoms with E-state index in [1.165, 1.54) is 12.8 Å². The molecule has 0 aromatic heterocycles. The van der Waals surface area contributed by atoms with Crippen molar-refractivity contribution in [3.05, 3.63) is 29.3 Å². The number of aliphatic hydroxyl groups excluding tert-OH is 1. The van der Waals surface area contributed by atoms with Gasteiger partial charge in [-0.1, -0.05) is 13.8 Å². The number of piperidine rings is 2. The second-order valence-corrected chi connectivity index (χ2v) is 12.8. The molecule has 9 heteroatoms. The molecule has 5 rings (SSSR count). The monoisotopic (exact) mass is 525 g/mol. The third kappa shape index (κ3) is 5.08. The summed E-state index contributed by atoms with van der Waals surface area (Å²) < 4.78 is 0. The number of nitrogens with zero attached hydrogens (tertiary/aromatic N) is 3. The Morgan fingerprint density at radius 3 is 2.21 bits per heavy atom. The van der Waals surface area contributed by atoms with Crippen LogP contribution in [0.2, 0.25) is 0 Å². The van der Waals surface area contributed by atoms with Crippen molar-refractivity contribution in [2.45, 2.75) is 77.6 Å². The molecule has 0 aliphatic carbocycles. The average molecular weight is 526 g/mol. The molecule has 4 aliphatic rings. The van der Waals surface area contributed by atoms with E-state index in [1.54, 1.807) is 6.07 Å². The van der Waals surface area contributed by atoms with Gasteiger partial charge in [0.05, 0.1) is 11.1 Å². The second kappa shape index (κ2) is 10.2.